The summed E-state index contributed by atoms with van der Waals surface area (Å²) in [6.45, 7) is 10.8. The maximum Gasteiger partial charge on any atom is 0.257 e. The zero-order valence-corrected chi connectivity index (χ0v) is 19.9. The molecule has 1 aliphatic rings. The molecule has 0 saturated carbocycles. The number of nitrogens with zero attached hydrogens (tertiary/aromatic N) is 4. The van der Waals surface area contributed by atoms with Gasteiger partial charge < -0.3 is 9.80 Å². The van der Waals surface area contributed by atoms with Crippen molar-refractivity contribution in [3.05, 3.63) is 77.0 Å². The fourth-order valence-electron chi connectivity index (χ4n) is 4.20. The molecule has 1 aromatic heterocycles. The quantitative estimate of drug-likeness (QED) is 0.594. The largest absolute Gasteiger partial charge is 0.339 e. The zero-order chi connectivity index (χ0) is 23.5. The lowest BCUT2D eigenvalue weighted by molar-refractivity contribution is -0.135. The molecule has 0 radical (unpaired) electrons. The van der Waals surface area contributed by atoms with Gasteiger partial charge in [0.05, 0.1) is 12.1 Å². The SMILES string of the molecule is Cc1ccc(-c2nn(Cc3ccccc3)cc2C(=O)N2CCN(C(=O)C(C)C)CC2)cc1C. The highest BCUT2D eigenvalue weighted by molar-refractivity contribution is 6.00. The minimum Gasteiger partial charge on any atom is -0.339 e. The van der Waals surface area contributed by atoms with E-state index in [9.17, 15) is 9.59 Å². The number of carbonyl (C=O) groups is 2. The molecule has 1 fully saturated rings. The van der Waals surface area contributed by atoms with E-state index in [2.05, 4.69) is 38.1 Å². The second-order valence-electron chi connectivity index (χ2n) is 9.15. The molecular formula is C27H32N4O2. The molecule has 0 unspecified atom stereocenters. The van der Waals surface area contributed by atoms with Crippen LogP contribution in [0.3, 0.4) is 0 Å². The normalized spacial score (nSPS) is 14.1. The standard InChI is InChI=1S/C27H32N4O2/c1-19(2)26(32)29-12-14-30(15-13-29)27(33)24-18-31(17-22-8-6-5-7-9-22)28-25(24)23-11-10-20(3)21(4)16-23/h5-11,16,18-19H,12-15,17H2,1-4H3. The van der Waals surface area contributed by atoms with Crippen molar-refractivity contribution in [3.8, 4) is 11.3 Å². The van der Waals surface area contributed by atoms with Gasteiger partial charge in [0.25, 0.3) is 5.91 Å². The van der Waals surface area contributed by atoms with E-state index in [-0.39, 0.29) is 17.7 Å². The Balaban J connectivity index is 1.62. The first-order valence-corrected chi connectivity index (χ1v) is 11.6. The predicted molar refractivity (Wildman–Crippen MR) is 130 cm³/mol. The number of aromatic nitrogens is 2. The lowest BCUT2D eigenvalue weighted by Gasteiger charge is -2.35. The van der Waals surface area contributed by atoms with Crippen molar-refractivity contribution < 1.29 is 9.59 Å². The number of hydrogen-bond acceptors (Lipinski definition) is 3. The third-order valence-electron chi connectivity index (χ3n) is 6.33. The third-order valence-corrected chi connectivity index (χ3v) is 6.33. The third kappa shape index (κ3) is 5.00. The second-order valence-corrected chi connectivity index (χ2v) is 9.15. The number of aryl methyl sites for hydroxylation is 2. The molecule has 6 nitrogen and oxygen atoms in total. The molecule has 172 valence electrons. The Hall–Kier alpha value is -3.41. The van der Waals surface area contributed by atoms with Crippen LogP contribution in [0.1, 0.15) is 40.9 Å². The number of rotatable bonds is 5. The van der Waals surface area contributed by atoms with Crippen LogP contribution in [0.2, 0.25) is 0 Å². The van der Waals surface area contributed by atoms with Crippen molar-refractivity contribution in [2.24, 2.45) is 5.92 Å². The first-order valence-electron chi connectivity index (χ1n) is 11.6. The van der Waals surface area contributed by atoms with Crippen LogP contribution in [0.4, 0.5) is 0 Å². The molecule has 3 aromatic rings. The summed E-state index contributed by atoms with van der Waals surface area (Å²) in [5, 5.41) is 4.83. The van der Waals surface area contributed by atoms with Crippen LogP contribution in [0.15, 0.2) is 54.7 Å². The number of benzene rings is 2. The topological polar surface area (TPSA) is 58.4 Å². The Morgan fingerprint density at radius 3 is 2.21 bits per heavy atom. The van der Waals surface area contributed by atoms with E-state index in [0.29, 0.717) is 44.0 Å². The fraction of sp³-hybridized carbons (Fsp3) is 0.370. The summed E-state index contributed by atoms with van der Waals surface area (Å²) in [6.07, 6.45) is 1.87. The lowest BCUT2D eigenvalue weighted by Crippen LogP contribution is -2.51. The van der Waals surface area contributed by atoms with Gasteiger partial charge in [-0.2, -0.15) is 5.10 Å². The molecule has 2 heterocycles. The van der Waals surface area contributed by atoms with Crippen molar-refractivity contribution in [1.82, 2.24) is 19.6 Å². The Morgan fingerprint density at radius 1 is 0.909 bits per heavy atom. The van der Waals surface area contributed by atoms with E-state index in [1.54, 1.807) is 0 Å². The second kappa shape index (κ2) is 9.61. The van der Waals surface area contributed by atoms with Crippen LogP contribution in [0.25, 0.3) is 11.3 Å². The molecule has 0 bridgehead atoms. The average molecular weight is 445 g/mol. The molecule has 0 N–H and O–H groups in total. The summed E-state index contributed by atoms with van der Waals surface area (Å²) < 4.78 is 1.85. The molecular weight excluding hydrogens is 412 g/mol. The van der Waals surface area contributed by atoms with Crippen molar-refractivity contribution in [2.45, 2.75) is 34.2 Å². The summed E-state index contributed by atoms with van der Waals surface area (Å²) in [7, 11) is 0. The van der Waals surface area contributed by atoms with E-state index in [0.717, 1.165) is 11.1 Å². The molecule has 1 saturated heterocycles. The van der Waals surface area contributed by atoms with Gasteiger partial charge >= 0.3 is 0 Å². The van der Waals surface area contributed by atoms with E-state index < -0.39 is 0 Å². The van der Waals surface area contributed by atoms with Gasteiger partial charge in [0.2, 0.25) is 5.91 Å². The smallest absolute Gasteiger partial charge is 0.257 e. The minimum absolute atomic E-state index is 0.0279. The van der Waals surface area contributed by atoms with Crippen LogP contribution in [0, 0.1) is 19.8 Å². The summed E-state index contributed by atoms with van der Waals surface area (Å²) in [5.74, 6) is 0.0904. The van der Waals surface area contributed by atoms with Crippen molar-refractivity contribution in [1.29, 1.82) is 0 Å². The molecule has 2 amide bonds. The predicted octanol–water partition coefficient (Wildman–Crippen LogP) is 4.16. The molecule has 0 atom stereocenters. The number of hydrogen-bond donors (Lipinski definition) is 0. The highest BCUT2D eigenvalue weighted by atomic mass is 16.2. The molecule has 6 heteroatoms. The van der Waals surface area contributed by atoms with Crippen LogP contribution in [-0.4, -0.2) is 57.6 Å². The van der Waals surface area contributed by atoms with E-state index in [1.165, 1.54) is 11.1 Å². The van der Waals surface area contributed by atoms with E-state index in [1.807, 2.05) is 58.8 Å². The monoisotopic (exact) mass is 444 g/mol. The van der Waals surface area contributed by atoms with Crippen LogP contribution >= 0.6 is 0 Å². The van der Waals surface area contributed by atoms with Gasteiger partial charge in [-0.05, 0) is 36.6 Å². The Labute approximate surface area is 195 Å². The van der Waals surface area contributed by atoms with E-state index >= 15 is 0 Å². The van der Waals surface area contributed by atoms with Gasteiger partial charge in [-0.1, -0.05) is 56.3 Å². The fourth-order valence-corrected chi connectivity index (χ4v) is 4.20. The molecule has 2 aromatic carbocycles. The highest BCUT2D eigenvalue weighted by Crippen LogP contribution is 2.26. The highest BCUT2D eigenvalue weighted by Gasteiger charge is 2.28. The van der Waals surface area contributed by atoms with Gasteiger partial charge in [0.15, 0.2) is 0 Å². The molecule has 0 aliphatic carbocycles. The number of carbonyl (C=O) groups excluding carboxylic acids is 2. The maximum absolute atomic E-state index is 13.6. The van der Waals surface area contributed by atoms with Crippen LogP contribution in [-0.2, 0) is 11.3 Å². The van der Waals surface area contributed by atoms with Gasteiger partial charge in [-0.25, -0.2) is 0 Å². The Bertz CT molecular complexity index is 1140. The molecule has 33 heavy (non-hydrogen) atoms. The van der Waals surface area contributed by atoms with Gasteiger partial charge in [0.1, 0.15) is 5.69 Å². The average Bonchev–Trinajstić information content (AvgIpc) is 3.24. The first-order chi connectivity index (χ1) is 15.8. The zero-order valence-electron chi connectivity index (χ0n) is 19.9. The Morgan fingerprint density at radius 2 is 1.58 bits per heavy atom. The van der Waals surface area contributed by atoms with E-state index in [4.69, 9.17) is 5.10 Å². The summed E-state index contributed by atoms with van der Waals surface area (Å²) in [5.41, 5.74) is 5.77. The summed E-state index contributed by atoms with van der Waals surface area (Å²) in [4.78, 5) is 29.6. The maximum atomic E-state index is 13.6. The summed E-state index contributed by atoms with van der Waals surface area (Å²) in [6, 6.07) is 16.3. The van der Waals surface area contributed by atoms with Crippen LogP contribution in [0.5, 0.6) is 0 Å². The van der Waals surface area contributed by atoms with Crippen molar-refractivity contribution in [2.75, 3.05) is 26.2 Å². The number of piperazine rings is 1. The van der Waals surface area contributed by atoms with Crippen molar-refractivity contribution in [3.63, 3.8) is 0 Å². The van der Waals surface area contributed by atoms with Gasteiger partial charge in [-0.3, -0.25) is 14.3 Å². The first kappa shape index (κ1) is 22.8. The summed E-state index contributed by atoms with van der Waals surface area (Å²) >= 11 is 0. The van der Waals surface area contributed by atoms with Gasteiger partial charge in [0, 0.05) is 43.9 Å². The van der Waals surface area contributed by atoms with Gasteiger partial charge in [-0.15, -0.1) is 0 Å². The Kier molecular flexibility index (Phi) is 6.63. The number of amides is 2. The molecule has 1 aliphatic heterocycles. The minimum atomic E-state index is -0.0285. The molecule has 4 rings (SSSR count). The lowest BCUT2D eigenvalue weighted by atomic mass is 10.0. The molecule has 0 spiro atoms. The van der Waals surface area contributed by atoms with Crippen LogP contribution < -0.4 is 0 Å². The van der Waals surface area contributed by atoms with Crippen molar-refractivity contribution >= 4 is 11.8 Å².